The zero-order chi connectivity index (χ0) is 29.1. The van der Waals surface area contributed by atoms with Crippen LogP contribution in [-0.2, 0) is 21.5 Å². The number of aliphatic hydroxyl groups excluding tert-OH is 1. The van der Waals surface area contributed by atoms with Gasteiger partial charge in [-0.15, -0.1) is 0 Å². The van der Waals surface area contributed by atoms with E-state index < -0.39 is 15.8 Å². The first-order chi connectivity index (χ1) is 20.2. The van der Waals surface area contributed by atoms with Gasteiger partial charge < -0.3 is 14.7 Å². The van der Waals surface area contributed by atoms with E-state index in [-0.39, 0.29) is 28.4 Å². The van der Waals surface area contributed by atoms with Crippen LogP contribution in [-0.4, -0.2) is 52.1 Å². The Morgan fingerprint density at radius 2 is 1.98 bits per heavy atom. The molecule has 2 aliphatic heterocycles. The number of allylic oxidation sites excluding steroid dienone is 1. The van der Waals surface area contributed by atoms with Gasteiger partial charge in [0.25, 0.3) is 5.91 Å². The van der Waals surface area contributed by atoms with Crippen LogP contribution in [0.2, 0.25) is 5.02 Å². The Bertz CT molecular complexity index is 1520. The molecular weight excluding hydrogens is 568 g/mol. The van der Waals surface area contributed by atoms with Crippen LogP contribution in [0.3, 0.4) is 0 Å². The molecule has 2 aromatic rings. The summed E-state index contributed by atoms with van der Waals surface area (Å²) in [5.74, 6) is 5.17. The number of fused-ring (bicyclic) bond motifs is 5. The van der Waals surface area contributed by atoms with Gasteiger partial charge in [-0.2, -0.15) is 0 Å². The van der Waals surface area contributed by atoms with E-state index in [1.54, 1.807) is 6.07 Å². The number of nitrogens with zero attached hydrogens (tertiary/aromatic N) is 1. The lowest BCUT2D eigenvalue weighted by atomic mass is 9.68. The molecule has 0 saturated heterocycles. The molecule has 5 aliphatic rings. The van der Waals surface area contributed by atoms with Crippen molar-refractivity contribution in [1.29, 1.82) is 0 Å². The highest BCUT2D eigenvalue weighted by Crippen LogP contribution is 2.47. The maximum absolute atomic E-state index is 13.8. The lowest BCUT2D eigenvalue weighted by molar-refractivity contribution is 0.0455. The van der Waals surface area contributed by atoms with Gasteiger partial charge in [-0.25, -0.2) is 4.21 Å². The van der Waals surface area contributed by atoms with Gasteiger partial charge in [0.2, 0.25) is 0 Å². The highest BCUT2D eigenvalue weighted by Gasteiger charge is 2.44. The summed E-state index contributed by atoms with van der Waals surface area (Å²) in [4.78, 5) is 16.0. The van der Waals surface area contributed by atoms with Crippen LogP contribution in [0.1, 0.15) is 72.9 Å². The van der Waals surface area contributed by atoms with E-state index in [2.05, 4.69) is 33.7 Å². The number of aryl methyl sites for hydroxylation is 1. The normalized spacial score (nSPS) is 36.9. The molecule has 42 heavy (non-hydrogen) atoms. The molecular formula is C34H41ClN2O4S. The van der Waals surface area contributed by atoms with Gasteiger partial charge in [0.1, 0.15) is 5.75 Å². The second-order valence-corrected chi connectivity index (χ2v) is 16.0. The summed E-state index contributed by atoms with van der Waals surface area (Å²) in [5, 5.41) is 11.8. The van der Waals surface area contributed by atoms with E-state index >= 15 is 0 Å². The maximum atomic E-state index is 13.8. The van der Waals surface area contributed by atoms with Gasteiger partial charge in [0.15, 0.2) is 0 Å². The van der Waals surface area contributed by atoms with E-state index in [1.807, 2.05) is 24.3 Å². The predicted octanol–water partition coefficient (Wildman–Crippen LogP) is 5.69. The third-order valence-corrected chi connectivity index (χ3v) is 13.1. The van der Waals surface area contributed by atoms with Gasteiger partial charge >= 0.3 is 0 Å². The summed E-state index contributed by atoms with van der Waals surface area (Å²) in [6.45, 7) is 2.08. The highest BCUT2D eigenvalue weighted by atomic mass is 35.5. The summed E-state index contributed by atoms with van der Waals surface area (Å²) in [7, 11) is -2.86. The lowest BCUT2D eigenvalue weighted by Crippen LogP contribution is -2.49. The Kier molecular flexibility index (Phi) is 7.35. The Labute approximate surface area is 254 Å². The second kappa shape index (κ2) is 10.9. The summed E-state index contributed by atoms with van der Waals surface area (Å²) in [6.07, 6.45) is 12.1. The Balaban J connectivity index is 1.29. The smallest absolute Gasteiger partial charge is 0.262 e. The first-order valence-electron chi connectivity index (χ1n) is 15.6. The fraction of sp³-hybridized carbons (Fsp3) is 0.529. The molecule has 0 radical (unpaired) electrons. The van der Waals surface area contributed by atoms with Crippen LogP contribution in [0, 0.1) is 17.8 Å². The van der Waals surface area contributed by atoms with Crippen LogP contribution in [0.5, 0.6) is 5.75 Å². The molecule has 3 aliphatic carbocycles. The van der Waals surface area contributed by atoms with E-state index in [0.29, 0.717) is 18.1 Å². The SMILES string of the molecule is C=S1(=O)NC(=O)c2ccc3c(c2)N(C[C@@H]2CC[C@H]2[C@@H](O)/C=C/C[C@@H]2CCC[C@@H]21)C[C@@]1(CCCc2cc(Cl)ccc21)CO3. The van der Waals surface area contributed by atoms with Crippen molar-refractivity contribution in [2.75, 3.05) is 24.6 Å². The minimum absolute atomic E-state index is 0.173. The van der Waals surface area contributed by atoms with Crippen LogP contribution < -0.4 is 14.4 Å². The third-order valence-electron chi connectivity index (χ3n) is 10.8. The first-order valence-corrected chi connectivity index (χ1v) is 17.7. The monoisotopic (exact) mass is 608 g/mol. The average molecular weight is 609 g/mol. The average Bonchev–Trinajstić information content (AvgIpc) is 3.37. The number of nitrogens with one attached hydrogen (secondary N) is 1. The fourth-order valence-corrected chi connectivity index (χ4v) is 10.6. The number of aliphatic hydroxyl groups is 1. The minimum Gasteiger partial charge on any atom is -0.490 e. The number of carbonyl (C=O) groups is 1. The lowest BCUT2D eigenvalue weighted by Gasteiger charge is -2.45. The minimum atomic E-state index is -2.86. The molecule has 1 spiro atoms. The topological polar surface area (TPSA) is 78.9 Å². The largest absolute Gasteiger partial charge is 0.490 e. The van der Waals surface area contributed by atoms with E-state index in [0.717, 1.165) is 87.3 Å². The molecule has 2 bridgehead atoms. The van der Waals surface area contributed by atoms with Gasteiger partial charge in [0, 0.05) is 34.3 Å². The number of ether oxygens (including phenoxy) is 1. The molecule has 2 fully saturated rings. The molecule has 2 saturated carbocycles. The van der Waals surface area contributed by atoms with Crippen LogP contribution >= 0.6 is 11.6 Å². The summed E-state index contributed by atoms with van der Waals surface area (Å²) in [5.41, 5.74) is 3.73. The Hall–Kier alpha value is -2.48. The standard InChI is InChI=1S/C34H41ClN2O4S/c1-42(40)32-9-3-6-22(32)5-2-8-30(38)27-13-10-25(27)19-37-20-34(16-4-7-23-17-26(35)12-14-28(23)34)21-41-31-15-11-24(18-29(31)37)33(39)36-42/h2,8,11-12,14-15,17-18,22,25,27,30,32,38H,1,3-7,9-10,13,16,19-21H2,(H,36,39,40)/b8-2+/t22-,25+,27-,30+,32+,34+,42?/m1/s1. The van der Waals surface area contributed by atoms with Gasteiger partial charge in [0.05, 0.1) is 28.1 Å². The van der Waals surface area contributed by atoms with E-state index in [9.17, 15) is 14.1 Å². The molecule has 2 N–H and O–H groups in total. The zero-order valence-electron chi connectivity index (χ0n) is 24.1. The Morgan fingerprint density at radius 1 is 1.10 bits per heavy atom. The van der Waals surface area contributed by atoms with Crippen molar-refractivity contribution < 1.29 is 18.8 Å². The number of rotatable bonds is 0. The van der Waals surface area contributed by atoms with Gasteiger partial charge in [-0.1, -0.05) is 36.2 Å². The quantitative estimate of drug-likeness (QED) is 0.297. The van der Waals surface area contributed by atoms with Crippen molar-refractivity contribution >= 4 is 38.8 Å². The van der Waals surface area contributed by atoms with Crippen molar-refractivity contribution in [3.63, 3.8) is 0 Å². The maximum Gasteiger partial charge on any atom is 0.262 e. The first kappa shape index (κ1) is 28.3. The van der Waals surface area contributed by atoms with Crippen molar-refractivity contribution in [1.82, 2.24) is 4.72 Å². The molecule has 224 valence electrons. The number of hydrogen-bond donors (Lipinski definition) is 2. The number of amides is 1. The summed E-state index contributed by atoms with van der Waals surface area (Å²) >= 11 is 6.41. The fourth-order valence-electron chi connectivity index (χ4n) is 8.41. The second-order valence-electron chi connectivity index (χ2n) is 13.3. The van der Waals surface area contributed by atoms with Crippen molar-refractivity contribution in [3.05, 3.63) is 70.3 Å². The molecule has 7 atom stereocenters. The van der Waals surface area contributed by atoms with Crippen molar-refractivity contribution in [3.8, 4) is 5.75 Å². The molecule has 7 rings (SSSR count). The van der Waals surface area contributed by atoms with E-state index in [4.69, 9.17) is 16.3 Å². The molecule has 2 heterocycles. The Morgan fingerprint density at radius 3 is 2.81 bits per heavy atom. The van der Waals surface area contributed by atoms with Crippen LogP contribution in [0.15, 0.2) is 48.6 Å². The highest BCUT2D eigenvalue weighted by molar-refractivity contribution is 7.99. The van der Waals surface area contributed by atoms with Gasteiger partial charge in [-0.3, -0.25) is 9.52 Å². The number of anilines is 1. The van der Waals surface area contributed by atoms with Crippen LogP contribution in [0.25, 0.3) is 0 Å². The molecule has 8 heteroatoms. The van der Waals surface area contributed by atoms with Crippen LogP contribution in [0.4, 0.5) is 5.69 Å². The molecule has 0 aromatic heterocycles. The number of hydrogen-bond acceptors (Lipinski definition) is 5. The number of benzene rings is 2. The third kappa shape index (κ3) is 5.05. The molecule has 2 aromatic carbocycles. The zero-order valence-corrected chi connectivity index (χ0v) is 25.7. The predicted molar refractivity (Wildman–Crippen MR) is 170 cm³/mol. The number of halogens is 1. The molecule has 1 unspecified atom stereocenters. The van der Waals surface area contributed by atoms with Crippen molar-refractivity contribution in [2.45, 2.75) is 74.6 Å². The summed E-state index contributed by atoms with van der Waals surface area (Å²) < 4.78 is 23.3. The molecule has 1 amide bonds. The van der Waals surface area contributed by atoms with E-state index in [1.165, 1.54) is 11.1 Å². The molecule has 6 nitrogen and oxygen atoms in total. The van der Waals surface area contributed by atoms with Crippen molar-refractivity contribution in [2.24, 2.45) is 17.8 Å². The van der Waals surface area contributed by atoms with Gasteiger partial charge in [-0.05, 0) is 116 Å². The summed E-state index contributed by atoms with van der Waals surface area (Å²) in [6, 6.07) is 11.8. The number of carbonyl (C=O) groups excluding carboxylic acids is 1.